The number of hydrogen-bond acceptors (Lipinski definition) is 16. The van der Waals surface area contributed by atoms with E-state index in [-0.39, 0.29) is 16.9 Å². The van der Waals surface area contributed by atoms with Crippen LogP contribution < -0.4 is 10.2 Å². The van der Waals surface area contributed by atoms with Gasteiger partial charge in [0.2, 0.25) is 17.5 Å². The van der Waals surface area contributed by atoms with E-state index in [1.807, 2.05) is 0 Å². The van der Waals surface area contributed by atoms with Gasteiger partial charge >= 0.3 is 0 Å². The number of rotatable bonds is 6. The van der Waals surface area contributed by atoms with Gasteiger partial charge in [-0.3, -0.25) is 4.79 Å². The Bertz CT molecular complexity index is 1500. The van der Waals surface area contributed by atoms with Crippen molar-refractivity contribution in [2.45, 2.75) is 55.3 Å². The molecule has 3 heterocycles. The van der Waals surface area contributed by atoms with Crippen molar-refractivity contribution >= 4 is 11.0 Å². The van der Waals surface area contributed by atoms with E-state index >= 15 is 0 Å². The summed E-state index contributed by atoms with van der Waals surface area (Å²) in [7, 11) is 0. The van der Waals surface area contributed by atoms with Crippen LogP contribution in [0.2, 0.25) is 0 Å². The van der Waals surface area contributed by atoms with E-state index in [0.717, 1.165) is 24.3 Å². The Morgan fingerprint density at radius 1 is 0.833 bits per heavy atom. The van der Waals surface area contributed by atoms with Gasteiger partial charge in [0.15, 0.2) is 29.7 Å². The smallest absolute Gasteiger partial charge is 0.239 e. The van der Waals surface area contributed by atoms with E-state index in [2.05, 4.69) is 0 Å². The number of phenolic OH excluding ortho intramolecular Hbond substituents is 4. The van der Waals surface area contributed by atoms with Gasteiger partial charge in [-0.2, -0.15) is 0 Å². The van der Waals surface area contributed by atoms with E-state index in [9.17, 15) is 55.9 Å². The molecule has 0 unspecified atom stereocenters. The fraction of sp³-hybridized carbons (Fsp3) is 0.423. The number of benzene rings is 2. The first kappa shape index (κ1) is 29.8. The molecule has 0 saturated carbocycles. The van der Waals surface area contributed by atoms with E-state index in [4.69, 9.17) is 23.4 Å². The summed E-state index contributed by atoms with van der Waals surface area (Å²) in [6.07, 6.45) is -15.5. The van der Waals surface area contributed by atoms with Crippen LogP contribution in [0.1, 0.15) is 0 Å². The van der Waals surface area contributed by atoms with E-state index < -0.39 is 108 Å². The van der Waals surface area contributed by atoms with Crippen molar-refractivity contribution in [3.8, 4) is 40.1 Å². The molecule has 5 rings (SSSR count). The minimum Gasteiger partial charge on any atom is -0.508 e. The van der Waals surface area contributed by atoms with E-state index in [0.29, 0.717) is 0 Å². The molecule has 42 heavy (non-hydrogen) atoms. The summed E-state index contributed by atoms with van der Waals surface area (Å²) < 4.78 is 28.0. The molecule has 228 valence electrons. The molecule has 9 atom stereocenters. The minimum absolute atomic E-state index is 0.0232. The Kier molecular flexibility index (Phi) is 8.17. The summed E-state index contributed by atoms with van der Waals surface area (Å²) in [5.41, 5.74) is -1.32. The van der Waals surface area contributed by atoms with Crippen molar-refractivity contribution < 1.29 is 74.4 Å². The lowest BCUT2D eigenvalue weighted by Crippen LogP contribution is -2.63. The third kappa shape index (κ3) is 5.31. The van der Waals surface area contributed by atoms with Crippen LogP contribution >= 0.6 is 0 Å². The molecule has 16 heteroatoms. The van der Waals surface area contributed by atoms with Crippen molar-refractivity contribution in [1.82, 2.24) is 0 Å². The average molecular weight is 596 g/mol. The Labute approximate surface area is 235 Å². The van der Waals surface area contributed by atoms with Gasteiger partial charge in [0.05, 0.1) is 13.2 Å². The van der Waals surface area contributed by atoms with Crippen LogP contribution in [-0.4, -0.2) is 120 Å². The first-order chi connectivity index (χ1) is 19.9. The monoisotopic (exact) mass is 596 g/mol. The molecule has 3 aromatic rings. The fourth-order valence-corrected chi connectivity index (χ4v) is 4.69. The number of aliphatic hydroxyl groups is 6. The van der Waals surface area contributed by atoms with Crippen molar-refractivity contribution in [2.75, 3.05) is 13.2 Å². The summed E-state index contributed by atoms with van der Waals surface area (Å²) in [4.78, 5) is 13.6. The Balaban J connectivity index is 1.58. The van der Waals surface area contributed by atoms with Crippen molar-refractivity contribution in [2.24, 2.45) is 0 Å². The van der Waals surface area contributed by atoms with Crippen molar-refractivity contribution in [1.29, 1.82) is 0 Å². The molecule has 2 aliphatic rings. The fourth-order valence-electron chi connectivity index (χ4n) is 4.69. The number of aromatic hydroxyl groups is 4. The number of hydrogen-bond donors (Lipinski definition) is 10. The summed E-state index contributed by atoms with van der Waals surface area (Å²) in [5, 5.41) is 101. The predicted octanol–water partition coefficient (Wildman–Crippen LogP) is -2.08. The van der Waals surface area contributed by atoms with Gasteiger partial charge in [0.25, 0.3) is 0 Å². The minimum atomic E-state index is -1.90. The maximum atomic E-state index is 13.6. The molecule has 0 aliphatic carbocycles. The quantitative estimate of drug-likeness (QED) is 0.137. The van der Waals surface area contributed by atoms with Crippen LogP contribution in [0, 0.1) is 0 Å². The highest BCUT2D eigenvalue weighted by molar-refractivity contribution is 5.88. The molecule has 2 fully saturated rings. The first-order valence-corrected chi connectivity index (χ1v) is 12.6. The van der Waals surface area contributed by atoms with Gasteiger partial charge in [-0.05, 0) is 18.2 Å². The Hall–Kier alpha value is -3.71. The summed E-state index contributed by atoms with van der Waals surface area (Å²) in [5.74, 6) is -3.28. The van der Waals surface area contributed by atoms with Gasteiger partial charge in [-0.25, -0.2) is 0 Å². The maximum Gasteiger partial charge on any atom is 0.239 e. The zero-order chi connectivity index (χ0) is 30.5. The maximum absolute atomic E-state index is 13.6. The zero-order valence-electron chi connectivity index (χ0n) is 21.4. The largest absolute Gasteiger partial charge is 0.508 e. The molecular weight excluding hydrogens is 568 g/mol. The van der Waals surface area contributed by atoms with Crippen LogP contribution in [0.4, 0.5) is 0 Å². The highest BCUT2D eigenvalue weighted by atomic mass is 16.8. The summed E-state index contributed by atoms with van der Waals surface area (Å²) >= 11 is 0. The zero-order valence-corrected chi connectivity index (χ0v) is 21.4. The van der Waals surface area contributed by atoms with E-state index in [1.165, 1.54) is 6.07 Å². The molecular formula is C26H28O16. The van der Waals surface area contributed by atoms with Crippen LogP contribution in [0.3, 0.4) is 0 Å². The average Bonchev–Trinajstić information content (AvgIpc) is 2.94. The third-order valence-corrected chi connectivity index (χ3v) is 6.96. The second kappa shape index (κ2) is 11.5. The van der Waals surface area contributed by atoms with Crippen LogP contribution in [0.5, 0.6) is 28.7 Å². The molecule has 1 aromatic heterocycles. The van der Waals surface area contributed by atoms with Crippen molar-refractivity contribution in [3.63, 3.8) is 0 Å². The molecule has 0 spiro atoms. The molecule has 16 nitrogen and oxygen atoms in total. The highest BCUT2D eigenvalue weighted by Crippen LogP contribution is 2.39. The van der Waals surface area contributed by atoms with Crippen LogP contribution in [0.25, 0.3) is 22.3 Å². The lowest BCUT2D eigenvalue weighted by molar-refractivity contribution is -0.348. The molecule has 0 bridgehead atoms. The second-order valence-electron chi connectivity index (χ2n) is 9.81. The Morgan fingerprint density at radius 2 is 1.57 bits per heavy atom. The summed E-state index contributed by atoms with van der Waals surface area (Å²) in [6.45, 7) is -1.31. The molecule has 0 amide bonds. The van der Waals surface area contributed by atoms with Gasteiger partial charge in [0.1, 0.15) is 59.1 Å². The highest BCUT2D eigenvalue weighted by Gasteiger charge is 2.49. The van der Waals surface area contributed by atoms with Gasteiger partial charge in [-0.15, -0.1) is 0 Å². The lowest BCUT2D eigenvalue weighted by Gasteiger charge is -2.44. The molecule has 0 radical (unpaired) electrons. The standard InChI is InChI=1S/C26H28O16/c27-6-15-18(34)20(36)21(37)25(40-15)42-24-17(33)13(32)7-38-26(24)41-23-19(35)16-12(31)4-9(28)5-14(16)39-22(23)8-1-2-10(29)11(30)3-8/h1-5,13,15,17-18,20-21,24-34,36-37H,6-7H2/t13-,15-,17+,18-,20+,21-,24-,25+,26+/m1/s1. The number of phenols is 4. The predicted molar refractivity (Wildman–Crippen MR) is 136 cm³/mol. The SMILES string of the molecule is O=c1c(O[C@@H]2OC[C@@H](O)[C@H](O)[C@H]2O[C@@H]2O[C@H](CO)[C@@H](O)[C@H](O)[C@H]2O)c(-c2ccc(O)c(O)c2)oc2cc(O)cc(O)c12. The van der Waals surface area contributed by atoms with Gasteiger partial charge < -0.3 is 74.4 Å². The molecule has 2 aliphatic heterocycles. The van der Waals surface area contributed by atoms with Crippen LogP contribution in [-0.2, 0) is 14.2 Å². The first-order valence-electron chi connectivity index (χ1n) is 12.6. The lowest BCUT2D eigenvalue weighted by atomic mass is 9.99. The molecule has 2 aromatic carbocycles. The Morgan fingerprint density at radius 3 is 2.26 bits per heavy atom. The molecule has 2 saturated heterocycles. The van der Waals surface area contributed by atoms with E-state index in [1.54, 1.807) is 0 Å². The van der Waals surface area contributed by atoms with Gasteiger partial charge in [-0.1, -0.05) is 0 Å². The number of fused-ring (bicyclic) bond motifs is 1. The number of ether oxygens (including phenoxy) is 4. The van der Waals surface area contributed by atoms with Crippen molar-refractivity contribution in [3.05, 3.63) is 40.6 Å². The second-order valence-corrected chi connectivity index (χ2v) is 9.81. The summed E-state index contributed by atoms with van der Waals surface area (Å²) in [6, 6.07) is 5.26. The van der Waals surface area contributed by atoms with Gasteiger partial charge in [0, 0.05) is 17.7 Å². The number of aliphatic hydroxyl groups excluding tert-OH is 6. The third-order valence-electron chi connectivity index (χ3n) is 6.96. The topological polar surface area (TPSA) is 269 Å². The van der Waals surface area contributed by atoms with Crippen LogP contribution in [0.15, 0.2) is 39.5 Å². The molecule has 10 N–H and O–H groups in total. The normalized spacial score (nSPS) is 31.7.